The van der Waals surface area contributed by atoms with Crippen molar-refractivity contribution in [3.8, 4) is 11.1 Å². The van der Waals surface area contributed by atoms with Gasteiger partial charge in [0.1, 0.15) is 0 Å². The van der Waals surface area contributed by atoms with Crippen molar-refractivity contribution in [1.29, 1.82) is 0 Å². The molecule has 182 valence electrons. The second-order valence-electron chi connectivity index (χ2n) is 6.68. The molecule has 0 fully saturated rings. The van der Waals surface area contributed by atoms with Crippen molar-refractivity contribution in [2.75, 3.05) is 0 Å². The second-order valence-corrected chi connectivity index (χ2v) is 6.68. The molecule has 0 saturated carbocycles. The maximum atomic E-state index is 9.25. The van der Waals surface area contributed by atoms with Gasteiger partial charge in [0.05, 0.1) is 0 Å². The predicted octanol–water partition coefficient (Wildman–Crippen LogP) is 2.59. The van der Waals surface area contributed by atoms with Crippen LogP contribution in [0.4, 0.5) is 0 Å². The van der Waals surface area contributed by atoms with E-state index in [9.17, 15) is 14.4 Å². The highest BCUT2D eigenvalue weighted by molar-refractivity contribution is 5.79. The first-order valence-corrected chi connectivity index (χ1v) is 9.78. The molecule has 0 aromatic heterocycles. The standard InChI is InChI=1S/C16H16O3.3C3H4O2/c17-16(18,19)9-8-11-5-3-7-14-13-6-2-1-4-12(13)10-15(11)14;3*1-2-3(4)5/h1-7,17-19H,8-10H2;3*2H,1H2,(H,4,5). The number of aryl methyl sites for hydroxylation is 1. The van der Waals surface area contributed by atoms with E-state index in [1.807, 2.05) is 24.3 Å². The first-order valence-electron chi connectivity index (χ1n) is 9.78. The Morgan fingerprint density at radius 3 is 1.65 bits per heavy atom. The summed E-state index contributed by atoms with van der Waals surface area (Å²) in [5.41, 5.74) is 6.06. The lowest BCUT2D eigenvalue weighted by Crippen LogP contribution is -2.27. The molecule has 9 heteroatoms. The Kier molecular flexibility index (Phi) is 13.1. The van der Waals surface area contributed by atoms with Gasteiger partial charge in [-0.15, -0.1) is 0 Å². The number of carboxylic acids is 3. The van der Waals surface area contributed by atoms with Crippen molar-refractivity contribution < 1.29 is 45.0 Å². The van der Waals surface area contributed by atoms with E-state index in [-0.39, 0.29) is 6.42 Å². The van der Waals surface area contributed by atoms with Crippen molar-refractivity contribution in [3.05, 3.63) is 97.1 Å². The lowest BCUT2D eigenvalue weighted by Gasteiger charge is -2.15. The number of carboxylic acid groups (broad SMARTS) is 3. The Bertz CT molecular complexity index is 974. The number of carbonyl (C=O) groups is 3. The van der Waals surface area contributed by atoms with Crippen molar-refractivity contribution in [1.82, 2.24) is 0 Å². The molecule has 0 spiro atoms. The number of rotatable bonds is 6. The molecule has 3 rings (SSSR count). The molecule has 34 heavy (non-hydrogen) atoms. The Labute approximate surface area is 196 Å². The van der Waals surface area contributed by atoms with Gasteiger partial charge in [-0.05, 0) is 40.7 Å². The fraction of sp³-hybridized carbons (Fsp3) is 0.160. The van der Waals surface area contributed by atoms with Gasteiger partial charge in [0.2, 0.25) is 0 Å². The second kappa shape index (κ2) is 14.9. The zero-order valence-electron chi connectivity index (χ0n) is 18.4. The normalized spacial score (nSPS) is 10.2. The molecule has 6 N–H and O–H groups in total. The molecular formula is C25H28O9. The fourth-order valence-corrected chi connectivity index (χ4v) is 2.76. The summed E-state index contributed by atoms with van der Waals surface area (Å²) in [6.45, 7) is 8.88. The molecule has 2 aromatic carbocycles. The van der Waals surface area contributed by atoms with E-state index in [4.69, 9.17) is 30.6 Å². The van der Waals surface area contributed by atoms with Gasteiger partial charge in [0, 0.05) is 24.6 Å². The van der Waals surface area contributed by atoms with Gasteiger partial charge in [-0.3, -0.25) is 0 Å². The van der Waals surface area contributed by atoms with Crippen LogP contribution in [0.5, 0.6) is 0 Å². The Balaban J connectivity index is 0.000000599. The summed E-state index contributed by atoms with van der Waals surface area (Å²) in [5.74, 6) is -5.53. The van der Waals surface area contributed by atoms with Crippen LogP contribution in [-0.2, 0) is 27.2 Å². The number of hydrogen-bond donors (Lipinski definition) is 6. The average Bonchev–Trinajstić information content (AvgIpc) is 3.17. The van der Waals surface area contributed by atoms with Crippen molar-refractivity contribution in [2.45, 2.75) is 25.2 Å². The summed E-state index contributed by atoms with van der Waals surface area (Å²) in [4.78, 5) is 27.8. The highest BCUT2D eigenvalue weighted by Crippen LogP contribution is 2.38. The van der Waals surface area contributed by atoms with Gasteiger partial charge < -0.3 is 30.6 Å². The monoisotopic (exact) mass is 472 g/mol. The number of hydrogen-bond acceptors (Lipinski definition) is 6. The van der Waals surface area contributed by atoms with E-state index < -0.39 is 23.9 Å². The third-order valence-electron chi connectivity index (χ3n) is 4.20. The summed E-state index contributed by atoms with van der Waals surface area (Å²) in [6, 6.07) is 14.3. The van der Waals surface area contributed by atoms with E-state index in [0.29, 0.717) is 6.42 Å². The minimum atomic E-state index is -2.59. The van der Waals surface area contributed by atoms with Crippen LogP contribution in [0.15, 0.2) is 80.4 Å². The number of aliphatic carboxylic acids is 3. The van der Waals surface area contributed by atoms with Gasteiger partial charge in [-0.1, -0.05) is 62.2 Å². The summed E-state index contributed by atoms with van der Waals surface area (Å²) < 4.78 is 0. The van der Waals surface area contributed by atoms with Crippen molar-refractivity contribution in [3.63, 3.8) is 0 Å². The Morgan fingerprint density at radius 2 is 1.21 bits per heavy atom. The zero-order valence-corrected chi connectivity index (χ0v) is 18.4. The minimum Gasteiger partial charge on any atom is -0.478 e. The molecule has 1 aliphatic carbocycles. The molecule has 0 unspecified atom stereocenters. The van der Waals surface area contributed by atoms with Gasteiger partial charge in [-0.25, -0.2) is 14.4 Å². The first kappa shape index (κ1) is 30.0. The van der Waals surface area contributed by atoms with Gasteiger partial charge in [0.25, 0.3) is 5.97 Å². The highest BCUT2D eigenvalue weighted by atomic mass is 16.7. The lowest BCUT2D eigenvalue weighted by atomic mass is 9.97. The van der Waals surface area contributed by atoms with Crippen LogP contribution in [0.2, 0.25) is 0 Å². The minimum absolute atomic E-state index is 0.0835. The van der Waals surface area contributed by atoms with Gasteiger partial charge >= 0.3 is 17.9 Å². The molecular weight excluding hydrogens is 444 g/mol. The van der Waals surface area contributed by atoms with Gasteiger partial charge in [0.15, 0.2) is 0 Å². The van der Waals surface area contributed by atoms with E-state index in [0.717, 1.165) is 30.2 Å². The van der Waals surface area contributed by atoms with Gasteiger partial charge in [-0.2, -0.15) is 0 Å². The SMILES string of the molecule is C=CC(=O)O.C=CC(=O)O.C=CC(=O)O.OC(O)(O)CCc1cccc2c1Cc1ccccc1-2. The van der Waals surface area contributed by atoms with Crippen molar-refractivity contribution in [2.24, 2.45) is 0 Å². The number of fused-ring (bicyclic) bond motifs is 3. The predicted molar refractivity (Wildman–Crippen MR) is 126 cm³/mol. The maximum absolute atomic E-state index is 9.25. The average molecular weight is 472 g/mol. The van der Waals surface area contributed by atoms with Crippen LogP contribution in [0, 0.1) is 0 Å². The topological polar surface area (TPSA) is 173 Å². The largest absolute Gasteiger partial charge is 0.478 e. The third kappa shape index (κ3) is 12.1. The molecule has 9 nitrogen and oxygen atoms in total. The summed E-state index contributed by atoms with van der Waals surface area (Å²) in [6.07, 6.45) is 3.73. The summed E-state index contributed by atoms with van der Waals surface area (Å²) in [5, 5.41) is 49.8. The Hall–Kier alpha value is -4.05. The summed E-state index contributed by atoms with van der Waals surface area (Å²) in [7, 11) is 0. The summed E-state index contributed by atoms with van der Waals surface area (Å²) >= 11 is 0. The molecule has 0 bridgehead atoms. The van der Waals surface area contributed by atoms with E-state index in [1.54, 1.807) is 0 Å². The lowest BCUT2D eigenvalue weighted by molar-refractivity contribution is -0.314. The van der Waals surface area contributed by atoms with Crippen LogP contribution in [0.25, 0.3) is 11.1 Å². The number of aliphatic hydroxyl groups is 3. The van der Waals surface area contributed by atoms with Crippen LogP contribution in [0.1, 0.15) is 23.1 Å². The molecule has 0 saturated heterocycles. The fourth-order valence-electron chi connectivity index (χ4n) is 2.76. The van der Waals surface area contributed by atoms with Crippen LogP contribution >= 0.6 is 0 Å². The third-order valence-corrected chi connectivity index (χ3v) is 4.20. The zero-order chi connectivity index (χ0) is 26.3. The van der Waals surface area contributed by atoms with Crippen LogP contribution in [0.3, 0.4) is 0 Å². The van der Waals surface area contributed by atoms with Crippen LogP contribution in [-0.4, -0.2) is 54.5 Å². The van der Waals surface area contributed by atoms with E-state index in [2.05, 4.69) is 37.9 Å². The Morgan fingerprint density at radius 1 is 0.765 bits per heavy atom. The van der Waals surface area contributed by atoms with E-state index >= 15 is 0 Å². The molecule has 2 aromatic rings. The number of benzene rings is 2. The molecule has 1 aliphatic rings. The molecule has 0 amide bonds. The van der Waals surface area contributed by atoms with Crippen molar-refractivity contribution >= 4 is 17.9 Å². The molecule has 0 aliphatic heterocycles. The maximum Gasteiger partial charge on any atom is 0.327 e. The smallest absolute Gasteiger partial charge is 0.327 e. The molecule has 0 radical (unpaired) electrons. The molecule has 0 atom stereocenters. The van der Waals surface area contributed by atoms with Crippen LogP contribution < -0.4 is 0 Å². The first-order chi connectivity index (χ1) is 15.9. The van der Waals surface area contributed by atoms with E-state index in [1.165, 1.54) is 22.3 Å². The highest BCUT2D eigenvalue weighted by Gasteiger charge is 2.23. The molecule has 0 heterocycles. The quantitative estimate of drug-likeness (QED) is 0.233.